The number of aliphatic hydroxyl groups is 1. The van der Waals surface area contributed by atoms with E-state index in [1.807, 2.05) is 0 Å². The molecule has 2 rings (SSSR count). The predicted octanol–water partition coefficient (Wildman–Crippen LogP) is 3.00. The minimum Gasteiger partial charge on any atom is -0.488 e. The molecule has 0 unspecified atom stereocenters. The average Bonchev–Trinajstić information content (AvgIpc) is 2.64. The number of alkyl halides is 3. The second-order valence-electron chi connectivity index (χ2n) is 4.18. The van der Waals surface area contributed by atoms with E-state index in [-0.39, 0.29) is 5.75 Å². The van der Waals surface area contributed by atoms with Gasteiger partial charge in [0.1, 0.15) is 11.9 Å². The highest BCUT2D eigenvalue weighted by Crippen LogP contribution is 2.32. The molecule has 0 saturated heterocycles. The molecule has 0 bridgehead atoms. The number of benzene rings is 1. The fraction of sp³-hybridized carbons (Fsp3) is 0.500. The van der Waals surface area contributed by atoms with Crippen molar-refractivity contribution < 1.29 is 23.0 Å². The summed E-state index contributed by atoms with van der Waals surface area (Å²) in [6, 6.07) is 4.74. The van der Waals surface area contributed by atoms with Gasteiger partial charge in [0, 0.05) is 0 Å². The van der Waals surface area contributed by atoms with Gasteiger partial charge >= 0.3 is 6.18 Å². The van der Waals surface area contributed by atoms with Crippen molar-refractivity contribution in [2.75, 3.05) is 0 Å². The molecule has 2 nitrogen and oxygen atoms in total. The normalized spacial score (nSPS) is 24.9. The maximum atomic E-state index is 12.5. The molecule has 0 spiro atoms. The number of aliphatic hydroxyl groups excluding tert-OH is 1. The van der Waals surface area contributed by atoms with Crippen molar-refractivity contribution in [3.05, 3.63) is 29.8 Å². The van der Waals surface area contributed by atoms with Gasteiger partial charge in [0.15, 0.2) is 0 Å². The molecule has 17 heavy (non-hydrogen) atoms. The second kappa shape index (κ2) is 4.56. The lowest BCUT2D eigenvalue weighted by molar-refractivity contribution is -0.137. The topological polar surface area (TPSA) is 29.5 Å². The number of halogens is 3. The smallest absolute Gasteiger partial charge is 0.416 e. The van der Waals surface area contributed by atoms with E-state index in [1.54, 1.807) is 0 Å². The van der Waals surface area contributed by atoms with Gasteiger partial charge in [-0.2, -0.15) is 13.2 Å². The number of hydrogen-bond acceptors (Lipinski definition) is 2. The van der Waals surface area contributed by atoms with Crippen LogP contribution in [0.5, 0.6) is 5.75 Å². The molecule has 0 heterocycles. The molecule has 0 amide bonds. The van der Waals surface area contributed by atoms with Gasteiger partial charge in [0.2, 0.25) is 0 Å². The second-order valence-corrected chi connectivity index (χ2v) is 4.18. The highest BCUT2D eigenvalue weighted by Gasteiger charge is 2.31. The summed E-state index contributed by atoms with van der Waals surface area (Å²) in [4.78, 5) is 0. The van der Waals surface area contributed by atoms with Crippen LogP contribution >= 0.6 is 0 Å². The molecule has 1 fully saturated rings. The first-order valence-electron chi connectivity index (χ1n) is 5.49. The van der Waals surface area contributed by atoms with Crippen LogP contribution in [0.2, 0.25) is 0 Å². The lowest BCUT2D eigenvalue weighted by atomic mass is 10.2. The quantitative estimate of drug-likeness (QED) is 0.869. The van der Waals surface area contributed by atoms with E-state index in [0.29, 0.717) is 12.8 Å². The molecule has 1 saturated carbocycles. The van der Waals surface area contributed by atoms with Crippen molar-refractivity contribution in [1.82, 2.24) is 0 Å². The van der Waals surface area contributed by atoms with Crippen LogP contribution in [0.25, 0.3) is 0 Å². The number of hydrogen-bond donors (Lipinski definition) is 1. The lowest BCUT2D eigenvalue weighted by Crippen LogP contribution is -2.25. The maximum absolute atomic E-state index is 12.5. The third kappa shape index (κ3) is 2.91. The Kier molecular flexibility index (Phi) is 3.28. The Morgan fingerprint density at radius 1 is 1.24 bits per heavy atom. The first kappa shape index (κ1) is 12.2. The first-order valence-corrected chi connectivity index (χ1v) is 5.49. The SMILES string of the molecule is O[C@@H]1CCC[C@H]1Oc1cccc(C(F)(F)F)c1. The van der Waals surface area contributed by atoms with E-state index in [4.69, 9.17) is 4.74 Å². The van der Waals surface area contributed by atoms with E-state index in [2.05, 4.69) is 0 Å². The van der Waals surface area contributed by atoms with Crippen LogP contribution in [0.3, 0.4) is 0 Å². The Labute approximate surface area is 97.0 Å². The van der Waals surface area contributed by atoms with Crippen molar-refractivity contribution in [3.63, 3.8) is 0 Å². The van der Waals surface area contributed by atoms with Crippen molar-refractivity contribution in [1.29, 1.82) is 0 Å². The van der Waals surface area contributed by atoms with Crippen molar-refractivity contribution in [3.8, 4) is 5.75 Å². The minimum absolute atomic E-state index is 0.158. The summed E-state index contributed by atoms with van der Waals surface area (Å²) >= 11 is 0. The van der Waals surface area contributed by atoms with Crippen LogP contribution in [0.4, 0.5) is 13.2 Å². The predicted molar refractivity (Wildman–Crippen MR) is 55.7 cm³/mol. The highest BCUT2D eigenvalue weighted by molar-refractivity contribution is 5.30. The fourth-order valence-electron chi connectivity index (χ4n) is 1.96. The van der Waals surface area contributed by atoms with Gasteiger partial charge in [-0.25, -0.2) is 0 Å². The zero-order chi connectivity index (χ0) is 12.5. The summed E-state index contributed by atoms with van der Waals surface area (Å²) in [5.41, 5.74) is -0.734. The van der Waals surface area contributed by atoms with Gasteiger partial charge in [-0.05, 0) is 37.5 Å². The molecule has 94 valence electrons. The molecule has 5 heteroatoms. The van der Waals surface area contributed by atoms with Crippen LogP contribution in [-0.2, 0) is 6.18 Å². The molecule has 0 aliphatic heterocycles. The largest absolute Gasteiger partial charge is 0.488 e. The van der Waals surface area contributed by atoms with Crippen molar-refractivity contribution >= 4 is 0 Å². The lowest BCUT2D eigenvalue weighted by Gasteiger charge is -2.18. The van der Waals surface area contributed by atoms with Gasteiger partial charge in [-0.1, -0.05) is 6.07 Å². The molecular weight excluding hydrogens is 233 g/mol. The van der Waals surface area contributed by atoms with E-state index >= 15 is 0 Å². The van der Waals surface area contributed by atoms with Gasteiger partial charge in [-0.15, -0.1) is 0 Å². The number of rotatable bonds is 2. The summed E-state index contributed by atoms with van der Waals surface area (Å²) in [7, 11) is 0. The highest BCUT2D eigenvalue weighted by atomic mass is 19.4. The Balaban J connectivity index is 2.11. The van der Waals surface area contributed by atoms with Gasteiger partial charge in [0.25, 0.3) is 0 Å². The molecule has 0 radical (unpaired) electrons. The van der Waals surface area contributed by atoms with Crippen LogP contribution < -0.4 is 4.74 Å². The van der Waals surface area contributed by atoms with Crippen LogP contribution in [0.1, 0.15) is 24.8 Å². The average molecular weight is 246 g/mol. The Hall–Kier alpha value is -1.23. The van der Waals surface area contributed by atoms with E-state index in [1.165, 1.54) is 12.1 Å². The molecule has 1 aromatic rings. The van der Waals surface area contributed by atoms with E-state index < -0.39 is 23.9 Å². The molecule has 2 atom stereocenters. The summed E-state index contributed by atoms with van der Waals surface area (Å²) < 4.78 is 42.7. The van der Waals surface area contributed by atoms with E-state index in [9.17, 15) is 18.3 Å². The summed E-state index contributed by atoms with van der Waals surface area (Å²) in [5.74, 6) is 0.158. The fourth-order valence-corrected chi connectivity index (χ4v) is 1.96. The first-order chi connectivity index (χ1) is 7.97. The van der Waals surface area contributed by atoms with Gasteiger partial charge in [-0.3, -0.25) is 0 Å². The van der Waals surface area contributed by atoms with Crippen LogP contribution in [0.15, 0.2) is 24.3 Å². The summed E-state index contributed by atoms with van der Waals surface area (Å²) in [6.45, 7) is 0. The van der Waals surface area contributed by atoms with Crippen LogP contribution in [0, 0.1) is 0 Å². The Bertz CT molecular complexity index is 390. The van der Waals surface area contributed by atoms with Gasteiger partial charge in [0.05, 0.1) is 11.7 Å². The molecule has 1 N–H and O–H groups in total. The Morgan fingerprint density at radius 2 is 2.00 bits per heavy atom. The number of ether oxygens (including phenoxy) is 1. The molecule has 1 aliphatic carbocycles. The van der Waals surface area contributed by atoms with Gasteiger partial charge < -0.3 is 9.84 Å². The molecule has 0 aromatic heterocycles. The summed E-state index contributed by atoms with van der Waals surface area (Å²) in [5, 5.41) is 9.53. The van der Waals surface area contributed by atoms with Crippen molar-refractivity contribution in [2.24, 2.45) is 0 Å². The minimum atomic E-state index is -4.37. The standard InChI is InChI=1S/C12H13F3O2/c13-12(14,15)8-3-1-4-9(7-8)17-11-6-2-5-10(11)16/h1,3-4,7,10-11,16H,2,5-6H2/t10-,11-/m1/s1. The van der Waals surface area contributed by atoms with Crippen molar-refractivity contribution in [2.45, 2.75) is 37.6 Å². The zero-order valence-corrected chi connectivity index (χ0v) is 9.07. The third-order valence-corrected chi connectivity index (χ3v) is 2.87. The van der Waals surface area contributed by atoms with E-state index in [0.717, 1.165) is 18.6 Å². The molecular formula is C12H13F3O2. The zero-order valence-electron chi connectivity index (χ0n) is 9.07. The molecule has 1 aromatic carbocycles. The Morgan fingerprint density at radius 3 is 2.59 bits per heavy atom. The monoisotopic (exact) mass is 246 g/mol. The van der Waals surface area contributed by atoms with Crippen LogP contribution in [-0.4, -0.2) is 17.3 Å². The molecule has 1 aliphatic rings. The maximum Gasteiger partial charge on any atom is 0.416 e. The third-order valence-electron chi connectivity index (χ3n) is 2.87. The summed E-state index contributed by atoms with van der Waals surface area (Å²) in [6.07, 6.45) is -3.18.